The van der Waals surface area contributed by atoms with Gasteiger partial charge in [-0.1, -0.05) is 103 Å². The average Bonchev–Trinajstić information content (AvgIpc) is 2.80. The molecule has 146 valence electrons. The van der Waals surface area contributed by atoms with E-state index < -0.39 is 0 Å². The van der Waals surface area contributed by atoms with Gasteiger partial charge in [0.15, 0.2) is 0 Å². The second-order valence-corrected chi connectivity index (χ2v) is 7.50. The molecule has 0 bridgehead atoms. The third kappa shape index (κ3) is 3.53. The lowest BCUT2D eigenvalue weighted by Gasteiger charge is -2.32. The van der Waals surface area contributed by atoms with Gasteiger partial charge < -0.3 is 0 Å². The molecule has 4 aromatic carbocycles. The number of allylic oxidation sites excluding steroid dienone is 1. The minimum atomic E-state index is 0.823. The maximum atomic E-state index is 5.10. The van der Waals surface area contributed by atoms with Crippen molar-refractivity contribution in [3.05, 3.63) is 120 Å². The second kappa shape index (κ2) is 8.38. The highest BCUT2D eigenvalue weighted by Gasteiger charge is 2.23. The molecule has 0 aliphatic carbocycles. The van der Waals surface area contributed by atoms with Gasteiger partial charge in [-0.05, 0) is 29.9 Å². The lowest BCUT2D eigenvalue weighted by atomic mass is 10.0. The molecule has 0 saturated heterocycles. The number of rotatable bonds is 3. The fraction of sp³-hybridized carbons (Fsp3) is 0.107. The van der Waals surface area contributed by atoms with Crippen molar-refractivity contribution >= 4 is 28.0 Å². The summed E-state index contributed by atoms with van der Waals surface area (Å²) >= 11 is 0. The minimum absolute atomic E-state index is 0.823. The van der Waals surface area contributed by atoms with Crippen molar-refractivity contribution in [2.24, 2.45) is 4.99 Å². The molecule has 1 aliphatic heterocycles. The molecule has 0 amide bonds. The maximum absolute atomic E-state index is 5.10. The Morgan fingerprint density at radius 3 is 2.10 bits per heavy atom. The Morgan fingerprint density at radius 2 is 1.30 bits per heavy atom. The van der Waals surface area contributed by atoms with Crippen LogP contribution in [-0.2, 0) is 0 Å². The molecule has 0 fully saturated rings. The van der Waals surface area contributed by atoms with Gasteiger partial charge in [0.1, 0.15) is 5.84 Å². The van der Waals surface area contributed by atoms with E-state index in [-0.39, 0.29) is 0 Å². The summed E-state index contributed by atoms with van der Waals surface area (Å²) in [7, 11) is 0. The van der Waals surface area contributed by atoms with Crippen molar-refractivity contribution in [2.75, 3.05) is 11.4 Å². The second-order valence-electron chi connectivity index (χ2n) is 7.50. The number of aliphatic imine (C=N–C) groups is 1. The molecule has 4 aromatic rings. The highest BCUT2D eigenvalue weighted by Crippen LogP contribution is 2.35. The standard InChI is InChI=1S/C28H24N2/c1-3-13-23(14-4-1)26-19-9-10-21-29-28(24-15-5-2-6-16-24)30(26)27-20-11-17-22-12-7-8-18-25(22)27/h1-8,11-20H,9-10,21H2. The average molecular weight is 389 g/mol. The quantitative estimate of drug-likeness (QED) is 0.372. The fourth-order valence-corrected chi connectivity index (χ4v) is 4.10. The van der Waals surface area contributed by atoms with Gasteiger partial charge in [-0.2, -0.15) is 0 Å². The molecule has 5 rings (SSSR count). The van der Waals surface area contributed by atoms with Crippen molar-refractivity contribution in [1.82, 2.24) is 0 Å². The van der Waals surface area contributed by atoms with E-state index in [2.05, 4.69) is 114 Å². The number of hydrogen-bond acceptors (Lipinski definition) is 2. The van der Waals surface area contributed by atoms with E-state index >= 15 is 0 Å². The van der Waals surface area contributed by atoms with Gasteiger partial charge >= 0.3 is 0 Å². The zero-order valence-corrected chi connectivity index (χ0v) is 16.9. The summed E-state index contributed by atoms with van der Waals surface area (Å²) in [6.45, 7) is 0.823. The zero-order chi connectivity index (χ0) is 20.2. The number of nitrogens with zero attached hydrogens (tertiary/aromatic N) is 2. The molecule has 1 heterocycles. The first-order valence-electron chi connectivity index (χ1n) is 10.6. The highest BCUT2D eigenvalue weighted by molar-refractivity contribution is 6.20. The Kier molecular flexibility index (Phi) is 5.14. The van der Waals surface area contributed by atoms with Gasteiger partial charge in [0.2, 0.25) is 0 Å². The highest BCUT2D eigenvalue weighted by atomic mass is 15.2. The third-order valence-electron chi connectivity index (χ3n) is 5.52. The first kappa shape index (κ1) is 18.4. The van der Waals surface area contributed by atoms with E-state index in [4.69, 9.17) is 4.99 Å². The van der Waals surface area contributed by atoms with E-state index in [9.17, 15) is 0 Å². The largest absolute Gasteiger partial charge is 0.294 e. The Hall–Kier alpha value is -3.65. The summed E-state index contributed by atoms with van der Waals surface area (Å²) in [4.78, 5) is 7.45. The normalized spacial score (nSPS) is 14.6. The van der Waals surface area contributed by atoms with E-state index in [1.807, 2.05) is 0 Å². The van der Waals surface area contributed by atoms with Crippen LogP contribution in [0.5, 0.6) is 0 Å². The molecule has 1 aliphatic rings. The molecule has 0 aromatic heterocycles. The molecule has 0 radical (unpaired) electrons. The number of benzene rings is 4. The molecule has 2 heteroatoms. The number of amidine groups is 1. The van der Waals surface area contributed by atoms with Crippen LogP contribution in [0, 0.1) is 0 Å². The molecule has 30 heavy (non-hydrogen) atoms. The van der Waals surface area contributed by atoms with Crippen molar-refractivity contribution in [3.63, 3.8) is 0 Å². The number of fused-ring (bicyclic) bond motifs is 1. The summed E-state index contributed by atoms with van der Waals surface area (Å²) < 4.78 is 0. The molecule has 0 saturated carbocycles. The number of anilines is 1. The van der Waals surface area contributed by atoms with Gasteiger partial charge in [0.25, 0.3) is 0 Å². The van der Waals surface area contributed by atoms with Gasteiger partial charge in [-0.15, -0.1) is 0 Å². The number of hydrogen-bond donors (Lipinski definition) is 0. The molecule has 0 unspecified atom stereocenters. The van der Waals surface area contributed by atoms with Crippen LogP contribution >= 0.6 is 0 Å². The van der Waals surface area contributed by atoms with Crippen LogP contribution in [0.3, 0.4) is 0 Å². The van der Waals surface area contributed by atoms with Crippen molar-refractivity contribution in [3.8, 4) is 0 Å². The van der Waals surface area contributed by atoms with Gasteiger partial charge in [-0.3, -0.25) is 9.89 Å². The van der Waals surface area contributed by atoms with Crippen LogP contribution in [-0.4, -0.2) is 12.4 Å². The Labute approximate surface area is 177 Å². The fourth-order valence-electron chi connectivity index (χ4n) is 4.10. The molecular formula is C28H24N2. The lowest BCUT2D eigenvalue weighted by molar-refractivity contribution is 0.847. The molecular weight excluding hydrogens is 364 g/mol. The molecule has 2 nitrogen and oxygen atoms in total. The Morgan fingerprint density at radius 1 is 0.633 bits per heavy atom. The topological polar surface area (TPSA) is 15.6 Å². The van der Waals surface area contributed by atoms with Gasteiger partial charge in [0.05, 0.1) is 11.4 Å². The smallest absolute Gasteiger partial charge is 0.140 e. The first-order valence-corrected chi connectivity index (χ1v) is 10.6. The van der Waals surface area contributed by atoms with Crippen molar-refractivity contribution in [2.45, 2.75) is 12.8 Å². The van der Waals surface area contributed by atoms with E-state index in [1.165, 1.54) is 22.0 Å². The van der Waals surface area contributed by atoms with Crippen LogP contribution in [0.2, 0.25) is 0 Å². The summed E-state index contributed by atoms with van der Waals surface area (Å²) in [6.07, 6.45) is 4.43. The van der Waals surface area contributed by atoms with Crippen molar-refractivity contribution in [1.29, 1.82) is 0 Å². The summed E-state index contributed by atoms with van der Waals surface area (Å²) in [6, 6.07) is 36.3. The summed E-state index contributed by atoms with van der Waals surface area (Å²) in [5.74, 6) is 1.00. The van der Waals surface area contributed by atoms with E-state index in [1.54, 1.807) is 0 Å². The van der Waals surface area contributed by atoms with Crippen LogP contribution < -0.4 is 4.90 Å². The summed E-state index contributed by atoms with van der Waals surface area (Å²) in [5, 5.41) is 2.46. The van der Waals surface area contributed by atoms with Crippen molar-refractivity contribution < 1.29 is 0 Å². The molecule has 0 N–H and O–H groups in total. The lowest BCUT2D eigenvalue weighted by Crippen LogP contribution is -2.31. The zero-order valence-electron chi connectivity index (χ0n) is 16.9. The van der Waals surface area contributed by atoms with Crippen LogP contribution in [0.15, 0.2) is 114 Å². The predicted molar refractivity (Wildman–Crippen MR) is 128 cm³/mol. The summed E-state index contributed by atoms with van der Waals surface area (Å²) in [5.41, 5.74) is 4.69. The van der Waals surface area contributed by atoms with E-state index in [0.717, 1.165) is 36.5 Å². The van der Waals surface area contributed by atoms with Gasteiger partial charge in [-0.25, -0.2) is 0 Å². The first-order chi connectivity index (χ1) is 14.9. The Bertz CT molecular complexity index is 1140. The van der Waals surface area contributed by atoms with E-state index in [0.29, 0.717) is 0 Å². The maximum Gasteiger partial charge on any atom is 0.140 e. The van der Waals surface area contributed by atoms with Crippen LogP contribution in [0.1, 0.15) is 24.0 Å². The van der Waals surface area contributed by atoms with Gasteiger partial charge in [0, 0.05) is 17.5 Å². The van der Waals surface area contributed by atoms with Crippen LogP contribution in [0.25, 0.3) is 16.5 Å². The SMILES string of the molecule is C1=C(c2ccccc2)N(c2cccc3ccccc23)C(c2ccccc2)=NCCC1. The third-order valence-corrected chi connectivity index (χ3v) is 5.52. The Balaban J connectivity index is 1.79. The molecule has 0 spiro atoms. The molecule has 0 atom stereocenters. The predicted octanol–water partition coefficient (Wildman–Crippen LogP) is 6.93. The van der Waals surface area contributed by atoms with Crippen LogP contribution in [0.4, 0.5) is 5.69 Å². The minimum Gasteiger partial charge on any atom is -0.294 e. The monoisotopic (exact) mass is 388 g/mol.